The Morgan fingerprint density at radius 2 is 0.847 bits per heavy atom. The molecule has 0 saturated carbocycles. The summed E-state index contributed by atoms with van der Waals surface area (Å²) in [4.78, 5) is 12.9. The maximum Gasteiger partial charge on any atom is 0.306 e. The van der Waals surface area contributed by atoms with Crippen LogP contribution >= 0.6 is 0 Å². The summed E-state index contributed by atoms with van der Waals surface area (Å²) < 4.78 is 23.0. The maximum absolute atomic E-state index is 12.9. The molecule has 6 atom stereocenters. The minimum atomic E-state index is -1.54. The molecule has 6 unspecified atom stereocenters. The second-order valence-electron chi connectivity index (χ2n) is 20.4. The van der Waals surface area contributed by atoms with Crippen molar-refractivity contribution >= 4 is 5.97 Å². The molecule has 1 aliphatic heterocycles. The average molecular weight is 1010 g/mol. The quantitative estimate of drug-likeness (QED) is 0.0267. The van der Waals surface area contributed by atoms with E-state index in [1.165, 1.54) is 167 Å². The first-order valence-electron chi connectivity index (χ1n) is 30.0. The Morgan fingerprint density at radius 3 is 1.29 bits per heavy atom. The summed E-state index contributed by atoms with van der Waals surface area (Å²) in [5.41, 5.74) is 0. The van der Waals surface area contributed by atoms with E-state index in [1.807, 2.05) is 0 Å². The van der Waals surface area contributed by atoms with E-state index < -0.39 is 43.4 Å². The first-order chi connectivity index (χ1) is 35.4. The van der Waals surface area contributed by atoms with Crippen LogP contribution in [0.25, 0.3) is 0 Å². The van der Waals surface area contributed by atoms with E-state index in [9.17, 15) is 25.2 Å². The van der Waals surface area contributed by atoms with Gasteiger partial charge in [0.2, 0.25) is 0 Å². The highest BCUT2D eigenvalue weighted by Crippen LogP contribution is 2.23. The zero-order valence-electron chi connectivity index (χ0n) is 46.4. The molecule has 72 heavy (non-hydrogen) atoms. The molecule has 0 aromatic heterocycles. The van der Waals surface area contributed by atoms with Gasteiger partial charge in [-0.25, -0.2) is 0 Å². The summed E-state index contributed by atoms with van der Waals surface area (Å²) in [5, 5.41) is 40.4. The molecule has 9 nitrogen and oxygen atoms in total. The largest absolute Gasteiger partial charge is 0.457 e. The number of unbranched alkanes of at least 4 members (excludes halogenated alkanes) is 29. The van der Waals surface area contributed by atoms with E-state index in [-0.39, 0.29) is 19.2 Å². The topological polar surface area (TPSA) is 135 Å². The number of hydrogen-bond donors (Lipinski definition) is 4. The zero-order chi connectivity index (χ0) is 52.1. The van der Waals surface area contributed by atoms with Crippen LogP contribution in [0, 0.1) is 0 Å². The summed E-state index contributed by atoms with van der Waals surface area (Å²) in [6, 6.07) is 0. The fourth-order valence-electron chi connectivity index (χ4n) is 8.99. The minimum Gasteiger partial charge on any atom is -0.457 e. The Bertz CT molecular complexity index is 1340. The third kappa shape index (κ3) is 42.9. The molecule has 1 fully saturated rings. The molecule has 418 valence electrons. The number of esters is 1. The van der Waals surface area contributed by atoms with Crippen LogP contribution in [0.3, 0.4) is 0 Å². The van der Waals surface area contributed by atoms with Crippen molar-refractivity contribution in [2.45, 2.75) is 295 Å². The molecule has 1 rings (SSSR count). The van der Waals surface area contributed by atoms with Crippen LogP contribution in [0.2, 0.25) is 0 Å². The first kappa shape index (κ1) is 67.6. The lowest BCUT2D eigenvalue weighted by Gasteiger charge is -2.39. The zero-order valence-corrected chi connectivity index (χ0v) is 46.4. The van der Waals surface area contributed by atoms with Crippen LogP contribution in [-0.2, 0) is 23.7 Å². The Labute approximate surface area is 442 Å². The van der Waals surface area contributed by atoms with Gasteiger partial charge in [-0.3, -0.25) is 4.79 Å². The average Bonchev–Trinajstić information content (AvgIpc) is 3.38. The number of carbonyl (C=O) groups is 1. The predicted octanol–water partition coefficient (Wildman–Crippen LogP) is 15.9. The predicted molar refractivity (Wildman–Crippen MR) is 302 cm³/mol. The van der Waals surface area contributed by atoms with Crippen LogP contribution in [0.15, 0.2) is 72.9 Å². The lowest BCUT2D eigenvalue weighted by atomic mass is 9.99. The molecule has 1 heterocycles. The Hall–Kier alpha value is -2.37. The van der Waals surface area contributed by atoms with E-state index >= 15 is 0 Å². The van der Waals surface area contributed by atoms with Crippen molar-refractivity contribution < 1.29 is 44.2 Å². The second-order valence-corrected chi connectivity index (χ2v) is 20.4. The number of allylic oxidation sites excluding steroid dienone is 12. The highest BCUT2D eigenvalue weighted by atomic mass is 16.7. The summed E-state index contributed by atoms with van der Waals surface area (Å²) >= 11 is 0. The van der Waals surface area contributed by atoms with Gasteiger partial charge in [-0.05, 0) is 83.5 Å². The summed E-state index contributed by atoms with van der Waals surface area (Å²) in [5.74, 6) is -0.319. The number of ether oxygens (including phenoxy) is 4. The fourth-order valence-corrected chi connectivity index (χ4v) is 8.99. The maximum atomic E-state index is 12.9. The lowest BCUT2D eigenvalue weighted by Crippen LogP contribution is -2.59. The number of aliphatic hydroxyl groups is 4. The van der Waals surface area contributed by atoms with E-state index in [1.54, 1.807) is 0 Å². The molecular weight excluding hydrogens is 901 g/mol. The summed E-state index contributed by atoms with van der Waals surface area (Å²) in [6.45, 7) is 4.47. The molecule has 0 spiro atoms. The van der Waals surface area contributed by atoms with Gasteiger partial charge in [0, 0.05) is 13.0 Å². The molecule has 0 bridgehead atoms. The fraction of sp³-hybridized carbons (Fsp3) is 0.794. The Morgan fingerprint density at radius 1 is 0.458 bits per heavy atom. The molecule has 9 heteroatoms. The Kier molecular flexibility index (Phi) is 50.2. The van der Waals surface area contributed by atoms with E-state index in [2.05, 4.69) is 86.8 Å². The molecule has 0 amide bonds. The van der Waals surface area contributed by atoms with Crippen molar-refractivity contribution in [3.05, 3.63) is 72.9 Å². The summed E-state index contributed by atoms with van der Waals surface area (Å²) in [6.07, 6.45) is 65.2. The second kappa shape index (κ2) is 53.5. The van der Waals surface area contributed by atoms with Gasteiger partial charge in [-0.15, -0.1) is 0 Å². The highest BCUT2D eigenvalue weighted by molar-refractivity contribution is 5.69. The normalized spacial score (nSPS) is 19.2. The SMILES string of the molecule is CC/C=C\C/C=C\C/C=C\C/C=C\C/C=C\CCCCCCCCCCCC(=O)OC(COCCCCCCCCCCCCCC/C=C\CCCCCCCCCC)COC1OC(CO)C(O)C(O)C1O. The van der Waals surface area contributed by atoms with Crippen molar-refractivity contribution in [2.75, 3.05) is 26.4 Å². The van der Waals surface area contributed by atoms with E-state index in [0.717, 1.165) is 70.6 Å². The minimum absolute atomic E-state index is 0.118. The smallest absolute Gasteiger partial charge is 0.306 e. The molecule has 0 aliphatic carbocycles. The van der Waals surface area contributed by atoms with Crippen LogP contribution < -0.4 is 0 Å². The molecule has 1 aliphatic rings. The van der Waals surface area contributed by atoms with Crippen molar-refractivity contribution in [2.24, 2.45) is 0 Å². The molecule has 0 radical (unpaired) electrons. The number of hydrogen-bond acceptors (Lipinski definition) is 9. The molecule has 4 N–H and O–H groups in total. The third-order valence-corrected chi connectivity index (χ3v) is 13.6. The first-order valence-corrected chi connectivity index (χ1v) is 30.0. The third-order valence-electron chi connectivity index (χ3n) is 13.6. The van der Waals surface area contributed by atoms with Crippen molar-refractivity contribution in [1.29, 1.82) is 0 Å². The van der Waals surface area contributed by atoms with Gasteiger partial charge in [0.15, 0.2) is 6.29 Å². The van der Waals surface area contributed by atoms with Crippen LogP contribution in [-0.4, -0.2) is 89.6 Å². The van der Waals surface area contributed by atoms with Gasteiger partial charge in [0.05, 0.1) is 19.8 Å². The van der Waals surface area contributed by atoms with Crippen molar-refractivity contribution in [1.82, 2.24) is 0 Å². The van der Waals surface area contributed by atoms with Crippen LogP contribution in [0.4, 0.5) is 0 Å². The van der Waals surface area contributed by atoms with E-state index in [0.29, 0.717) is 13.0 Å². The van der Waals surface area contributed by atoms with Gasteiger partial charge in [-0.1, -0.05) is 241 Å². The standard InChI is InChI=1S/C63H112O9/c1-3-5-7-9-11-13-15-17-19-21-23-25-27-29-30-32-34-36-38-40-42-44-46-48-50-52-59(65)71-57(56-70-63-62(68)61(67)60(66)58(54-64)72-63)55-69-53-51-49-47-45-43-41-39-37-35-33-31-28-26-24-22-20-18-16-14-12-10-8-6-4-2/h5,7,11,13,17,19,22-25,29-30,57-58,60-64,66-68H,3-4,6,8-10,12,14-16,18,20-21,26-28,31-56H2,1-2H3/b7-5-,13-11-,19-17-,24-22-,25-23-,30-29-. The van der Waals surface area contributed by atoms with Crippen molar-refractivity contribution in [3.63, 3.8) is 0 Å². The highest BCUT2D eigenvalue weighted by Gasteiger charge is 2.44. The van der Waals surface area contributed by atoms with Crippen LogP contribution in [0.1, 0.15) is 258 Å². The van der Waals surface area contributed by atoms with Gasteiger partial charge in [0.25, 0.3) is 0 Å². The molecule has 0 aromatic rings. The number of carbonyl (C=O) groups excluding carboxylic acids is 1. The van der Waals surface area contributed by atoms with Gasteiger partial charge in [-0.2, -0.15) is 0 Å². The molecule has 0 aromatic carbocycles. The van der Waals surface area contributed by atoms with E-state index in [4.69, 9.17) is 18.9 Å². The monoisotopic (exact) mass is 1010 g/mol. The lowest BCUT2D eigenvalue weighted by molar-refractivity contribution is -0.305. The molecule has 1 saturated heterocycles. The Balaban J connectivity index is 2.15. The van der Waals surface area contributed by atoms with Crippen LogP contribution in [0.5, 0.6) is 0 Å². The number of aliphatic hydroxyl groups excluding tert-OH is 4. The molecular formula is C63H112O9. The number of rotatable bonds is 52. The van der Waals surface area contributed by atoms with Gasteiger partial charge < -0.3 is 39.4 Å². The van der Waals surface area contributed by atoms with Gasteiger partial charge in [0.1, 0.15) is 30.5 Å². The van der Waals surface area contributed by atoms with Crippen molar-refractivity contribution in [3.8, 4) is 0 Å². The van der Waals surface area contributed by atoms with Gasteiger partial charge >= 0.3 is 5.97 Å². The summed E-state index contributed by atoms with van der Waals surface area (Å²) in [7, 11) is 0.